The van der Waals surface area contributed by atoms with Crippen LogP contribution in [0.4, 0.5) is 23.4 Å². The van der Waals surface area contributed by atoms with Crippen molar-refractivity contribution in [3.05, 3.63) is 82.8 Å². The molecule has 0 saturated heterocycles. The zero-order valence-electron chi connectivity index (χ0n) is 16.2. The van der Waals surface area contributed by atoms with Gasteiger partial charge in [-0.1, -0.05) is 6.07 Å². The van der Waals surface area contributed by atoms with Crippen LogP contribution < -0.4 is 5.32 Å². The molecular weight excluding hydrogens is 430 g/mol. The van der Waals surface area contributed by atoms with Gasteiger partial charge in [0, 0.05) is 54.3 Å². The molecule has 11 heteroatoms. The first-order chi connectivity index (χ1) is 15.2. The Labute approximate surface area is 178 Å². The predicted molar refractivity (Wildman–Crippen MR) is 107 cm³/mol. The number of aromatic carboxylic acids is 1. The van der Waals surface area contributed by atoms with E-state index in [-0.39, 0.29) is 35.5 Å². The number of nitrogens with zero attached hydrogens (tertiary/aromatic N) is 3. The molecule has 0 aliphatic rings. The number of nitrogens with one attached hydrogen (secondary N) is 2. The van der Waals surface area contributed by atoms with Gasteiger partial charge in [-0.15, -0.1) is 0 Å². The zero-order chi connectivity index (χ0) is 22.9. The molecule has 4 rings (SSSR count). The number of hydrogen-bond acceptors (Lipinski definition) is 5. The monoisotopic (exact) mass is 445 g/mol. The second-order valence-corrected chi connectivity index (χ2v) is 6.95. The van der Waals surface area contributed by atoms with Crippen LogP contribution in [0.2, 0.25) is 0 Å². The number of carbonyl (C=O) groups is 1. The maximum Gasteiger partial charge on any atom is 0.416 e. The normalized spacial score (nSPS) is 11.6. The molecule has 0 aliphatic heterocycles. The van der Waals surface area contributed by atoms with E-state index in [9.17, 15) is 22.4 Å². The Morgan fingerprint density at radius 3 is 2.66 bits per heavy atom. The summed E-state index contributed by atoms with van der Waals surface area (Å²) in [6.45, 7) is -0.236. The van der Waals surface area contributed by atoms with Crippen LogP contribution in [0.15, 0.2) is 49.1 Å². The van der Waals surface area contributed by atoms with Crippen LogP contribution in [-0.2, 0) is 19.1 Å². The van der Waals surface area contributed by atoms with Gasteiger partial charge in [0.25, 0.3) is 0 Å². The van der Waals surface area contributed by atoms with Crippen molar-refractivity contribution in [1.29, 1.82) is 0 Å². The number of pyridine rings is 3. The summed E-state index contributed by atoms with van der Waals surface area (Å²) in [6, 6.07) is 5.24. The number of fused-ring (bicyclic) bond motifs is 1. The van der Waals surface area contributed by atoms with Gasteiger partial charge < -0.3 is 15.4 Å². The average Bonchev–Trinajstić information content (AvgIpc) is 3.15. The summed E-state index contributed by atoms with van der Waals surface area (Å²) < 4.78 is 53.8. The maximum atomic E-state index is 14.6. The molecule has 0 unspecified atom stereocenters. The van der Waals surface area contributed by atoms with E-state index in [1.807, 2.05) is 0 Å². The van der Waals surface area contributed by atoms with E-state index in [2.05, 4.69) is 25.3 Å². The smallest absolute Gasteiger partial charge is 0.416 e. The third-order valence-electron chi connectivity index (χ3n) is 4.84. The number of anilines is 1. The number of carboxylic acids is 1. The van der Waals surface area contributed by atoms with E-state index < -0.39 is 23.7 Å². The van der Waals surface area contributed by atoms with Crippen molar-refractivity contribution in [3.8, 4) is 0 Å². The zero-order valence-corrected chi connectivity index (χ0v) is 16.2. The lowest BCUT2D eigenvalue weighted by molar-refractivity contribution is -0.138. The Balaban J connectivity index is 1.52. The second kappa shape index (κ2) is 8.25. The molecular formula is C21H15F4N5O2. The van der Waals surface area contributed by atoms with Crippen molar-refractivity contribution in [2.45, 2.75) is 19.1 Å². The van der Waals surface area contributed by atoms with Gasteiger partial charge in [-0.2, -0.15) is 17.6 Å². The molecule has 0 atom stereocenters. The molecule has 0 aromatic carbocycles. The number of aromatic amines is 1. The van der Waals surface area contributed by atoms with E-state index >= 15 is 0 Å². The molecule has 0 bridgehead atoms. The second-order valence-electron chi connectivity index (χ2n) is 6.95. The van der Waals surface area contributed by atoms with Crippen LogP contribution in [0.3, 0.4) is 0 Å². The third-order valence-corrected chi connectivity index (χ3v) is 4.84. The molecule has 4 heterocycles. The standard InChI is InChI=1S/C21H15F4N5O2/c22-18-11(5-12-8-28-19-15(12)6-13(9-29-19)20(31)32)1-2-17(30-18)27-10-14-7-26-4-3-16(14)21(23,24)25/h1-4,6-9H,5,10H2,(H,27,30)(H,28,29)(H,31,32). The van der Waals surface area contributed by atoms with Crippen molar-refractivity contribution >= 4 is 22.8 Å². The van der Waals surface area contributed by atoms with E-state index in [1.165, 1.54) is 24.4 Å². The van der Waals surface area contributed by atoms with Gasteiger partial charge in [-0.05, 0) is 23.8 Å². The van der Waals surface area contributed by atoms with Crippen molar-refractivity contribution in [2.24, 2.45) is 0 Å². The maximum absolute atomic E-state index is 14.6. The molecule has 0 saturated carbocycles. The minimum atomic E-state index is -4.53. The summed E-state index contributed by atoms with van der Waals surface area (Å²) in [4.78, 5) is 25.6. The Hall–Kier alpha value is -4.02. The third kappa shape index (κ3) is 4.36. The Morgan fingerprint density at radius 2 is 1.94 bits per heavy atom. The van der Waals surface area contributed by atoms with Gasteiger partial charge >= 0.3 is 12.1 Å². The lowest BCUT2D eigenvalue weighted by Gasteiger charge is -2.13. The van der Waals surface area contributed by atoms with Crippen LogP contribution in [0, 0.1) is 5.95 Å². The fourth-order valence-electron chi connectivity index (χ4n) is 3.25. The van der Waals surface area contributed by atoms with Crippen LogP contribution in [0.25, 0.3) is 11.0 Å². The first-order valence-corrected chi connectivity index (χ1v) is 9.31. The topological polar surface area (TPSA) is 104 Å². The Kier molecular flexibility index (Phi) is 5.47. The number of carboxylic acid groups (broad SMARTS) is 1. The quantitative estimate of drug-likeness (QED) is 0.300. The number of aromatic nitrogens is 4. The molecule has 0 spiro atoms. The van der Waals surface area contributed by atoms with E-state index in [0.717, 1.165) is 18.5 Å². The molecule has 4 aromatic rings. The number of rotatable bonds is 6. The average molecular weight is 445 g/mol. The summed E-state index contributed by atoms with van der Waals surface area (Å²) in [5.74, 6) is -1.86. The van der Waals surface area contributed by atoms with Crippen LogP contribution >= 0.6 is 0 Å². The Morgan fingerprint density at radius 1 is 1.12 bits per heavy atom. The van der Waals surface area contributed by atoms with Gasteiger partial charge in [0.05, 0.1) is 11.1 Å². The summed E-state index contributed by atoms with van der Waals surface area (Å²) in [5, 5.41) is 12.4. The molecule has 0 amide bonds. The summed E-state index contributed by atoms with van der Waals surface area (Å²) >= 11 is 0. The number of hydrogen-bond donors (Lipinski definition) is 3. The van der Waals surface area contributed by atoms with Gasteiger partial charge in [-0.25, -0.2) is 14.8 Å². The van der Waals surface area contributed by atoms with Crippen LogP contribution in [-0.4, -0.2) is 31.0 Å². The molecule has 0 aliphatic carbocycles. The summed E-state index contributed by atoms with van der Waals surface area (Å²) in [7, 11) is 0. The van der Waals surface area contributed by atoms with E-state index in [4.69, 9.17) is 5.11 Å². The van der Waals surface area contributed by atoms with Crippen molar-refractivity contribution in [3.63, 3.8) is 0 Å². The molecule has 32 heavy (non-hydrogen) atoms. The van der Waals surface area contributed by atoms with E-state index in [1.54, 1.807) is 6.20 Å². The molecule has 3 N–H and O–H groups in total. The van der Waals surface area contributed by atoms with Gasteiger partial charge in [-0.3, -0.25) is 4.98 Å². The van der Waals surface area contributed by atoms with E-state index in [0.29, 0.717) is 16.6 Å². The lowest BCUT2D eigenvalue weighted by Crippen LogP contribution is -2.13. The highest BCUT2D eigenvalue weighted by molar-refractivity contribution is 5.92. The highest BCUT2D eigenvalue weighted by Gasteiger charge is 2.33. The number of alkyl halides is 3. The molecule has 164 valence electrons. The lowest BCUT2D eigenvalue weighted by atomic mass is 10.1. The van der Waals surface area contributed by atoms with Crippen LogP contribution in [0.5, 0.6) is 0 Å². The number of H-pyrrole nitrogens is 1. The Bertz CT molecular complexity index is 1300. The van der Waals surface area contributed by atoms with Crippen molar-refractivity contribution in [1.82, 2.24) is 19.9 Å². The highest BCUT2D eigenvalue weighted by atomic mass is 19.4. The largest absolute Gasteiger partial charge is 0.478 e. The fourth-order valence-corrected chi connectivity index (χ4v) is 3.25. The molecule has 4 aromatic heterocycles. The highest BCUT2D eigenvalue weighted by Crippen LogP contribution is 2.31. The molecule has 0 radical (unpaired) electrons. The summed E-state index contributed by atoms with van der Waals surface area (Å²) in [5.41, 5.74) is 0.410. The number of halogens is 4. The van der Waals surface area contributed by atoms with Gasteiger partial charge in [0.1, 0.15) is 11.5 Å². The minimum absolute atomic E-state index is 0.00474. The summed E-state index contributed by atoms with van der Waals surface area (Å²) in [6.07, 6.45) is 0.563. The van der Waals surface area contributed by atoms with Crippen molar-refractivity contribution in [2.75, 3.05) is 5.32 Å². The molecule has 7 nitrogen and oxygen atoms in total. The van der Waals surface area contributed by atoms with Crippen molar-refractivity contribution < 1.29 is 27.5 Å². The minimum Gasteiger partial charge on any atom is -0.478 e. The first kappa shape index (κ1) is 21.2. The predicted octanol–water partition coefficient (Wildman–Crippen LogP) is 4.41. The first-order valence-electron chi connectivity index (χ1n) is 9.31. The fraction of sp³-hybridized carbons (Fsp3) is 0.143. The van der Waals surface area contributed by atoms with Crippen LogP contribution in [0.1, 0.15) is 32.6 Å². The SMILES string of the molecule is O=C(O)c1cnc2[nH]cc(Cc3ccc(NCc4cnccc4C(F)(F)F)nc3F)c2c1. The molecule has 0 fully saturated rings. The van der Waals surface area contributed by atoms with Gasteiger partial charge in [0.2, 0.25) is 5.95 Å². The van der Waals surface area contributed by atoms with Gasteiger partial charge in [0.15, 0.2) is 0 Å².